The van der Waals surface area contributed by atoms with Crippen molar-refractivity contribution >= 4 is 34.9 Å². The van der Waals surface area contributed by atoms with Crippen molar-refractivity contribution < 1.29 is 19.6 Å². The van der Waals surface area contributed by atoms with Gasteiger partial charge in [-0.15, -0.1) is 0 Å². The summed E-state index contributed by atoms with van der Waals surface area (Å²) in [6.07, 6.45) is 1.91. The van der Waals surface area contributed by atoms with Crippen LogP contribution in [0.3, 0.4) is 0 Å². The minimum absolute atomic E-state index is 0.138. The number of carbonyl (C=O) groups is 2. The van der Waals surface area contributed by atoms with E-state index in [1.165, 1.54) is 24.3 Å². The van der Waals surface area contributed by atoms with Gasteiger partial charge >= 0.3 is 5.97 Å². The normalized spacial score (nSPS) is 20.9. The number of anilines is 1. The Morgan fingerprint density at radius 1 is 1.36 bits per heavy atom. The van der Waals surface area contributed by atoms with Gasteiger partial charge in [-0.05, 0) is 18.9 Å². The number of carboxylic acids is 1. The first-order chi connectivity index (χ1) is 10.4. The predicted molar refractivity (Wildman–Crippen MR) is 79.5 cm³/mol. The maximum atomic E-state index is 12.3. The minimum atomic E-state index is -1.07. The molecule has 0 unspecified atom stereocenters. The fourth-order valence-electron chi connectivity index (χ4n) is 2.34. The van der Waals surface area contributed by atoms with E-state index in [2.05, 4.69) is 5.32 Å². The summed E-state index contributed by atoms with van der Waals surface area (Å²) in [7, 11) is 0. The molecule has 1 aromatic carbocycles. The number of halogens is 1. The van der Waals surface area contributed by atoms with Crippen LogP contribution in [0.4, 0.5) is 11.4 Å². The quantitative estimate of drug-likeness (QED) is 0.653. The molecule has 22 heavy (non-hydrogen) atoms. The van der Waals surface area contributed by atoms with Crippen LogP contribution in [0.2, 0.25) is 0 Å². The van der Waals surface area contributed by atoms with E-state index in [0.29, 0.717) is 5.03 Å². The summed E-state index contributed by atoms with van der Waals surface area (Å²) in [6, 6.07) is 5.46. The number of allylic oxidation sites excluding steroid dienone is 2. The van der Waals surface area contributed by atoms with E-state index in [0.717, 1.165) is 0 Å². The number of hydrogen-bond acceptors (Lipinski definition) is 4. The molecule has 0 fully saturated rings. The molecule has 0 spiro atoms. The molecule has 2 rings (SSSR count). The van der Waals surface area contributed by atoms with Gasteiger partial charge in [0.15, 0.2) is 0 Å². The topological polar surface area (TPSA) is 110 Å². The highest BCUT2D eigenvalue weighted by Gasteiger charge is 2.36. The third-order valence-corrected chi connectivity index (χ3v) is 3.78. The Morgan fingerprint density at radius 2 is 2.09 bits per heavy atom. The number of nitrogens with zero attached hydrogens (tertiary/aromatic N) is 1. The second-order valence-electron chi connectivity index (χ2n) is 4.94. The van der Waals surface area contributed by atoms with E-state index < -0.39 is 28.6 Å². The summed E-state index contributed by atoms with van der Waals surface area (Å²) >= 11 is 5.89. The average molecular weight is 325 g/mol. The molecule has 0 aromatic heterocycles. The number of non-ortho nitro benzene ring substituents is 1. The molecule has 0 bridgehead atoms. The van der Waals surface area contributed by atoms with E-state index in [-0.39, 0.29) is 24.2 Å². The third kappa shape index (κ3) is 3.62. The molecule has 0 saturated heterocycles. The van der Waals surface area contributed by atoms with Crippen LogP contribution in [0.15, 0.2) is 35.4 Å². The third-order valence-electron chi connectivity index (χ3n) is 3.47. The zero-order valence-corrected chi connectivity index (χ0v) is 12.1. The number of benzene rings is 1. The van der Waals surface area contributed by atoms with Crippen LogP contribution in [-0.2, 0) is 9.59 Å². The number of carbonyl (C=O) groups excluding carboxylic acids is 1. The molecular weight excluding hydrogens is 312 g/mol. The number of amides is 1. The highest BCUT2D eigenvalue weighted by molar-refractivity contribution is 6.29. The molecule has 0 aliphatic heterocycles. The van der Waals surface area contributed by atoms with Gasteiger partial charge in [0.2, 0.25) is 5.91 Å². The largest absolute Gasteiger partial charge is 0.481 e. The number of hydrogen-bond donors (Lipinski definition) is 2. The summed E-state index contributed by atoms with van der Waals surface area (Å²) in [5.74, 6) is -3.26. The van der Waals surface area contributed by atoms with Gasteiger partial charge in [0.25, 0.3) is 5.69 Å². The Balaban J connectivity index is 2.17. The molecule has 1 aliphatic rings. The SMILES string of the molecule is O=C(O)[C@H]1CC=C(Cl)C[C@@H]1C(=O)Nc1cccc([N+](=O)[O-])c1. The van der Waals surface area contributed by atoms with Crippen LogP contribution in [-0.4, -0.2) is 21.9 Å². The Labute approximate surface area is 130 Å². The van der Waals surface area contributed by atoms with Crippen molar-refractivity contribution in [3.63, 3.8) is 0 Å². The Hall–Kier alpha value is -2.41. The lowest BCUT2D eigenvalue weighted by Gasteiger charge is -2.25. The number of aliphatic carboxylic acids is 1. The Morgan fingerprint density at radius 3 is 2.73 bits per heavy atom. The molecule has 0 saturated carbocycles. The smallest absolute Gasteiger partial charge is 0.307 e. The summed E-state index contributed by atoms with van der Waals surface area (Å²) in [4.78, 5) is 33.7. The zero-order chi connectivity index (χ0) is 16.3. The van der Waals surface area contributed by atoms with Crippen molar-refractivity contribution in [1.29, 1.82) is 0 Å². The Kier molecular flexibility index (Phi) is 4.77. The minimum Gasteiger partial charge on any atom is -0.481 e. The average Bonchev–Trinajstić information content (AvgIpc) is 2.47. The molecule has 0 heterocycles. The van der Waals surface area contributed by atoms with Crippen LogP contribution in [0.1, 0.15) is 12.8 Å². The van der Waals surface area contributed by atoms with Gasteiger partial charge in [-0.3, -0.25) is 19.7 Å². The first-order valence-corrected chi connectivity index (χ1v) is 6.89. The second-order valence-corrected chi connectivity index (χ2v) is 5.42. The van der Waals surface area contributed by atoms with Crippen molar-refractivity contribution in [2.75, 3.05) is 5.32 Å². The van der Waals surface area contributed by atoms with Crippen LogP contribution in [0.5, 0.6) is 0 Å². The maximum Gasteiger partial charge on any atom is 0.307 e. The van der Waals surface area contributed by atoms with Crippen LogP contribution >= 0.6 is 11.6 Å². The second kappa shape index (κ2) is 6.57. The van der Waals surface area contributed by atoms with Gasteiger partial charge in [-0.1, -0.05) is 23.7 Å². The fourth-order valence-corrected chi connectivity index (χ4v) is 2.59. The summed E-state index contributed by atoms with van der Waals surface area (Å²) < 4.78 is 0. The molecule has 2 atom stereocenters. The van der Waals surface area contributed by atoms with Gasteiger partial charge in [0.1, 0.15) is 0 Å². The molecule has 7 nitrogen and oxygen atoms in total. The van der Waals surface area contributed by atoms with Crippen molar-refractivity contribution in [2.24, 2.45) is 11.8 Å². The van der Waals surface area contributed by atoms with Crippen LogP contribution in [0.25, 0.3) is 0 Å². The summed E-state index contributed by atoms with van der Waals surface area (Å²) in [6.45, 7) is 0. The number of carboxylic acid groups (broad SMARTS) is 1. The van der Waals surface area contributed by atoms with Gasteiger partial charge < -0.3 is 10.4 Å². The van der Waals surface area contributed by atoms with Crippen LogP contribution < -0.4 is 5.32 Å². The molecule has 116 valence electrons. The first kappa shape index (κ1) is 16.0. The van der Waals surface area contributed by atoms with Crippen molar-refractivity contribution in [3.8, 4) is 0 Å². The van der Waals surface area contributed by atoms with Gasteiger partial charge in [0, 0.05) is 22.9 Å². The molecule has 1 amide bonds. The van der Waals surface area contributed by atoms with E-state index >= 15 is 0 Å². The van der Waals surface area contributed by atoms with Crippen molar-refractivity contribution in [3.05, 3.63) is 45.5 Å². The van der Waals surface area contributed by atoms with Gasteiger partial charge in [-0.25, -0.2) is 0 Å². The molecule has 2 N–H and O–H groups in total. The lowest BCUT2D eigenvalue weighted by molar-refractivity contribution is -0.384. The predicted octanol–water partition coefficient (Wildman–Crippen LogP) is 2.77. The molecular formula is C14H13ClN2O5. The van der Waals surface area contributed by atoms with Crippen LogP contribution in [0, 0.1) is 22.0 Å². The summed E-state index contributed by atoms with van der Waals surface area (Å²) in [5, 5.41) is 22.9. The van der Waals surface area contributed by atoms with Crippen molar-refractivity contribution in [1.82, 2.24) is 0 Å². The highest BCUT2D eigenvalue weighted by atomic mass is 35.5. The molecule has 1 aliphatic carbocycles. The fraction of sp³-hybridized carbons (Fsp3) is 0.286. The Bertz CT molecular complexity index is 658. The number of nitro benzene ring substituents is 1. The highest BCUT2D eigenvalue weighted by Crippen LogP contribution is 2.33. The number of nitro groups is 1. The first-order valence-electron chi connectivity index (χ1n) is 6.51. The van der Waals surface area contributed by atoms with E-state index in [1.807, 2.05) is 0 Å². The number of nitrogens with one attached hydrogen (secondary N) is 1. The number of rotatable bonds is 4. The van der Waals surface area contributed by atoms with Gasteiger partial charge in [-0.2, -0.15) is 0 Å². The standard InChI is InChI=1S/C14H13ClN2O5/c15-8-4-5-11(14(19)20)12(6-8)13(18)16-9-2-1-3-10(7-9)17(21)22/h1-4,7,11-12H,5-6H2,(H,16,18)(H,19,20)/t11-,12-/m0/s1. The summed E-state index contributed by atoms with van der Waals surface area (Å²) in [5.41, 5.74) is 0.0863. The lowest BCUT2D eigenvalue weighted by Crippen LogP contribution is -2.35. The molecule has 1 aromatic rings. The molecule has 0 radical (unpaired) electrons. The van der Waals surface area contributed by atoms with E-state index in [9.17, 15) is 24.8 Å². The maximum absolute atomic E-state index is 12.3. The van der Waals surface area contributed by atoms with E-state index in [4.69, 9.17) is 11.6 Å². The van der Waals surface area contributed by atoms with Crippen molar-refractivity contribution in [2.45, 2.75) is 12.8 Å². The molecule has 8 heteroatoms. The zero-order valence-electron chi connectivity index (χ0n) is 11.4. The lowest BCUT2D eigenvalue weighted by atomic mass is 9.82. The van der Waals surface area contributed by atoms with E-state index in [1.54, 1.807) is 6.08 Å². The van der Waals surface area contributed by atoms with Gasteiger partial charge in [0.05, 0.1) is 16.8 Å². The monoisotopic (exact) mass is 324 g/mol.